The third-order valence-electron chi connectivity index (χ3n) is 3.27. The van der Waals surface area contributed by atoms with Gasteiger partial charge in [-0.2, -0.15) is 11.8 Å². The Balaban J connectivity index is 2.31. The second kappa shape index (κ2) is 11.2. The lowest BCUT2D eigenvalue weighted by molar-refractivity contribution is 0.352. The van der Waals surface area contributed by atoms with Crippen LogP contribution in [0.2, 0.25) is 0 Å². The van der Waals surface area contributed by atoms with Crippen molar-refractivity contribution < 1.29 is 9.47 Å². The maximum absolute atomic E-state index is 5.36. The largest absolute Gasteiger partial charge is 0.493 e. The summed E-state index contributed by atoms with van der Waals surface area (Å²) in [6.07, 6.45) is 7.39. The number of nitrogens with one attached hydrogen (secondary N) is 1. The molecule has 0 unspecified atom stereocenters. The molecule has 21 heavy (non-hydrogen) atoms. The molecule has 3 nitrogen and oxygen atoms in total. The molecule has 0 amide bonds. The van der Waals surface area contributed by atoms with Crippen LogP contribution in [0.3, 0.4) is 0 Å². The van der Waals surface area contributed by atoms with Crippen molar-refractivity contribution in [1.29, 1.82) is 0 Å². The number of hydrogen-bond donors (Lipinski definition) is 1. The molecule has 0 aliphatic rings. The van der Waals surface area contributed by atoms with Gasteiger partial charge in [-0.15, -0.1) is 0 Å². The molecular formula is C16H26BrNO2S. The minimum Gasteiger partial charge on any atom is -0.493 e. The summed E-state index contributed by atoms with van der Waals surface area (Å²) in [7, 11) is 3.31. The van der Waals surface area contributed by atoms with Gasteiger partial charge in [0.1, 0.15) is 0 Å². The minimum atomic E-state index is 0.745. The number of benzene rings is 1. The first kappa shape index (κ1) is 18.7. The van der Waals surface area contributed by atoms with Crippen molar-refractivity contribution in [2.75, 3.05) is 32.8 Å². The fraction of sp³-hybridized carbons (Fsp3) is 0.625. The third-order valence-corrected chi connectivity index (χ3v) is 4.56. The number of unbranched alkanes of at least 4 members (excludes halogenated alkanes) is 3. The molecule has 0 bridgehead atoms. The van der Waals surface area contributed by atoms with E-state index in [2.05, 4.69) is 33.6 Å². The third kappa shape index (κ3) is 6.94. The van der Waals surface area contributed by atoms with Gasteiger partial charge in [-0.3, -0.25) is 0 Å². The summed E-state index contributed by atoms with van der Waals surface area (Å²) in [6, 6.07) is 4.10. The molecule has 1 aromatic rings. The normalized spacial score (nSPS) is 10.7. The molecule has 1 rings (SSSR count). The Morgan fingerprint density at radius 3 is 2.52 bits per heavy atom. The van der Waals surface area contributed by atoms with Gasteiger partial charge >= 0.3 is 0 Å². The highest BCUT2D eigenvalue weighted by molar-refractivity contribution is 9.10. The Morgan fingerprint density at radius 2 is 1.86 bits per heavy atom. The van der Waals surface area contributed by atoms with Crippen molar-refractivity contribution in [2.24, 2.45) is 0 Å². The summed E-state index contributed by atoms with van der Waals surface area (Å²) in [5, 5.41) is 3.49. The van der Waals surface area contributed by atoms with E-state index in [-0.39, 0.29) is 0 Å². The maximum Gasteiger partial charge on any atom is 0.174 e. The summed E-state index contributed by atoms with van der Waals surface area (Å²) in [5.74, 6) is 2.79. The van der Waals surface area contributed by atoms with E-state index in [9.17, 15) is 0 Å². The SMILES string of the molecule is COc1cc(CNCCCCCCSC)cc(Br)c1OC. The van der Waals surface area contributed by atoms with Crippen LogP contribution in [-0.4, -0.2) is 32.8 Å². The molecule has 0 aliphatic heterocycles. The predicted molar refractivity (Wildman–Crippen MR) is 95.8 cm³/mol. The number of thioether (sulfide) groups is 1. The van der Waals surface area contributed by atoms with Crippen LogP contribution >= 0.6 is 27.7 Å². The van der Waals surface area contributed by atoms with E-state index in [1.54, 1.807) is 14.2 Å². The topological polar surface area (TPSA) is 30.5 Å². The zero-order chi connectivity index (χ0) is 15.5. The number of methoxy groups -OCH3 is 2. The molecule has 5 heteroatoms. The summed E-state index contributed by atoms with van der Waals surface area (Å²) in [6.45, 7) is 1.91. The predicted octanol–water partition coefficient (Wildman–Crippen LogP) is 4.48. The van der Waals surface area contributed by atoms with Crippen LogP contribution in [0.25, 0.3) is 0 Å². The lowest BCUT2D eigenvalue weighted by Crippen LogP contribution is -2.14. The van der Waals surface area contributed by atoms with Crippen LogP contribution in [0.1, 0.15) is 31.2 Å². The van der Waals surface area contributed by atoms with Gasteiger partial charge in [-0.25, -0.2) is 0 Å². The van der Waals surface area contributed by atoms with Gasteiger partial charge in [-0.1, -0.05) is 12.8 Å². The van der Waals surface area contributed by atoms with E-state index in [0.717, 1.165) is 29.1 Å². The number of rotatable bonds is 11. The van der Waals surface area contributed by atoms with Gasteiger partial charge in [0.05, 0.1) is 18.7 Å². The highest BCUT2D eigenvalue weighted by Gasteiger charge is 2.10. The molecule has 0 radical (unpaired) electrons. The first-order valence-corrected chi connectivity index (χ1v) is 9.51. The maximum atomic E-state index is 5.36. The van der Waals surface area contributed by atoms with E-state index in [1.165, 1.54) is 37.0 Å². The Labute approximate surface area is 141 Å². The molecule has 0 aliphatic carbocycles. The molecule has 0 heterocycles. The van der Waals surface area contributed by atoms with E-state index in [4.69, 9.17) is 9.47 Å². The van der Waals surface area contributed by atoms with Crippen molar-refractivity contribution in [3.05, 3.63) is 22.2 Å². The van der Waals surface area contributed by atoms with Crippen molar-refractivity contribution in [3.63, 3.8) is 0 Å². The first-order chi connectivity index (χ1) is 10.2. The van der Waals surface area contributed by atoms with Crippen LogP contribution in [0.5, 0.6) is 11.5 Å². The summed E-state index contributed by atoms with van der Waals surface area (Å²) in [4.78, 5) is 0. The average Bonchev–Trinajstić information content (AvgIpc) is 2.49. The molecule has 0 atom stereocenters. The fourth-order valence-electron chi connectivity index (χ4n) is 2.16. The summed E-state index contributed by atoms with van der Waals surface area (Å²) >= 11 is 5.45. The lowest BCUT2D eigenvalue weighted by Gasteiger charge is -2.12. The molecule has 120 valence electrons. The van der Waals surface area contributed by atoms with Crippen LogP contribution in [0.4, 0.5) is 0 Å². The molecular weight excluding hydrogens is 350 g/mol. The fourth-order valence-corrected chi connectivity index (χ4v) is 3.30. The number of hydrogen-bond acceptors (Lipinski definition) is 4. The van der Waals surface area contributed by atoms with Crippen molar-refractivity contribution in [3.8, 4) is 11.5 Å². The molecule has 1 N–H and O–H groups in total. The molecule has 0 fully saturated rings. The van der Waals surface area contributed by atoms with Crippen LogP contribution in [-0.2, 0) is 6.54 Å². The quantitative estimate of drug-likeness (QED) is 0.577. The van der Waals surface area contributed by atoms with Crippen molar-refractivity contribution in [2.45, 2.75) is 32.2 Å². The summed E-state index contributed by atoms with van der Waals surface area (Å²) < 4.78 is 11.6. The van der Waals surface area contributed by atoms with Gasteiger partial charge in [0.15, 0.2) is 11.5 Å². The Morgan fingerprint density at radius 1 is 1.10 bits per heavy atom. The average molecular weight is 376 g/mol. The molecule has 0 aromatic heterocycles. The Hall–Kier alpha value is -0.390. The first-order valence-electron chi connectivity index (χ1n) is 7.33. The van der Waals surface area contributed by atoms with E-state index in [1.807, 2.05) is 17.8 Å². The van der Waals surface area contributed by atoms with E-state index in [0.29, 0.717) is 0 Å². The van der Waals surface area contributed by atoms with Gasteiger partial charge in [0, 0.05) is 6.54 Å². The van der Waals surface area contributed by atoms with E-state index < -0.39 is 0 Å². The van der Waals surface area contributed by atoms with Gasteiger partial charge in [-0.05, 0) is 65.0 Å². The van der Waals surface area contributed by atoms with E-state index >= 15 is 0 Å². The van der Waals surface area contributed by atoms with Crippen LogP contribution in [0.15, 0.2) is 16.6 Å². The monoisotopic (exact) mass is 375 g/mol. The molecule has 1 aromatic carbocycles. The second-order valence-electron chi connectivity index (χ2n) is 4.90. The Kier molecular flexibility index (Phi) is 9.96. The Bertz CT molecular complexity index is 416. The van der Waals surface area contributed by atoms with Crippen LogP contribution < -0.4 is 14.8 Å². The standard InChI is InChI=1S/C16H26BrNO2S/c1-19-15-11-13(10-14(17)16(15)20-2)12-18-8-6-4-5-7-9-21-3/h10-11,18H,4-9,12H2,1-3H3. The lowest BCUT2D eigenvalue weighted by atomic mass is 10.2. The van der Waals surface area contributed by atoms with Crippen molar-refractivity contribution in [1.82, 2.24) is 5.32 Å². The zero-order valence-corrected chi connectivity index (χ0v) is 15.6. The highest BCUT2D eigenvalue weighted by Crippen LogP contribution is 2.36. The van der Waals surface area contributed by atoms with Crippen molar-refractivity contribution >= 4 is 27.7 Å². The molecule has 0 spiro atoms. The summed E-state index contributed by atoms with van der Waals surface area (Å²) in [5.41, 5.74) is 1.20. The number of ether oxygens (including phenoxy) is 2. The highest BCUT2D eigenvalue weighted by atomic mass is 79.9. The van der Waals surface area contributed by atoms with Gasteiger partial charge < -0.3 is 14.8 Å². The number of halogens is 1. The van der Waals surface area contributed by atoms with Gasteiger partial charge in [0.2, 0.25) is 0 Å². The van der Waals surface area contributed by atoms with Gasteiger partial charge in [0.25, 0.3) is 0 Å². The molecule has 0 saturated heterocycles. The molecule has 0 saturated carbocycles. The second-order valence-corrected chi connectivity index (χ2v) is 6.74. The zero-order valence-electron chi connectivity index (χ0n) is 13.2. The van der Waals surface area contributed by atoms with Crippen LogP contribution in [0, 0.1) is 0 Å². The minimum absolute atomic E-state index is 0.745. The smallest absolute Gasteiger partial charge is 0.174 e.